The molecule has 0 saturated heterocycles. The van der Waals surface area contributed by atoms with E-state index in [9.17, 15) is 4.39 Å². The first kappa shape index (κ1) is 10.2. The van der Waals surface area contributed by atoms with Crippen LogP contribution in [0.25, 0.3) is 0 Å². The zero-order valence-corrected chi connectivity index (χ0v) is 7.79. The Morgan fingerprint density at radius 2 is 1.85 bits per heavy atom. The van der Waals surface area contributed by atoms with Crippen LogP contribution in [0.3, 0.4) is 0 Å². The van der Waals surface area contributed by atoms with Crippen molar-refractivity contribution in [1.29, 1.82) is 0 Å². The highest BCUT2D eigenvalue weighted by Gasteiger charge is 2.09. The quantitative estimate of drug-likeness (QED) is 0.666. The van der Waals surface area contributed by atoms with Crippen LogP contribution in [0.2, 0.25) is 0 Å². The standard InChI is InChI=1S/C10H13FO2/c1-12-10(13-2)7-8-5-3-4-6-9(8)11/h3-6,10H,7H2,1-2H3. The Labute approximate surface area is 77.3 Å². The van der Waals surface area contributed by atoms with Crippen molar-refractivity contribution in [3.63, 3.8) is 0 Å². The smallest absolute Gasteiger partial charge is 0.160 e. The van der Waals surface area contributed by atoms with E-state index in [2.05, 4.69) is 0 Å². The lowest BCUT2D eigenvalue weighted by atomic mass is 10.1. The Bertz CT molecular complexity index is 259. The van der Waals surface area contributed by atoms with Crippen molar-refractivity contribution in [3.05, 3.63) is 35.6 Å². The van der Waals surface area contributed by atoms with Crippen molar-refractivity contribution in [3.8, 4) is 0 Å². The summed E-state index contributed by atoms with van der Waals surface area (Å²) in [4.78, 5) is 0. The van der Waals surface area contributed by atoms with Crippen LogP contribution in [0.5, 0.6) is 0 Å². The summed E-state index contributed by atoms with van der Waals surface area (Å²) in [5.41, 5.74) is 0.608. The maximum atomic E-state index is 13.1. The lowest BCUT2D eigenvalue weighted by molar-refractivity contribution is -0.101. The van der Waals surface area contributed by atoms with Gasteiger partial charge < -0.3 is 9.47 Å². The first-order valence-corrected chi connectivity index (χ1v) is 4.07. The molecule has 13 heavy (non-hydrogen) atoms. The second-order valence-corrected chi connectivity index (χ2v) is 2.70. The average Bonchev–Trinajstić information content (AvgIpc) is 2.17. The number of hydrogen-bond acceptors (Lipinski definition) is 2. The lowest BCUT2D eigenvalue weighted by Gasteiger charge is -2.13. The van der Waals surface area contributed by atoms with Crippen LogP contribution in [-0.2, 0) is 15.9 Å². The van der Waals surface area contributed by atoms with Crippen LogP contribution >= 0.6 is 0 Å². The molecule has 0 fully saturated rings. The molecule has 72 valence electrons. The molecule has 0 aliphatic rings. The Morgan fingerprint density at radius 1 is 1.23 bits per heavy atom. The van der Waals surface area contributed by atoms with Crippen molar-refractivity contribution in [1.82, 2.24) is 0 Å². The molecule has 1 aromatic carbocycles. The van der Waals surface area contributed by atoms with E-state index in [1.54, 1.807) is 18.2 Å². The van der Waals surface area contributed by atoms with Gasteiger partial charge in [0.2, 0.25) is 0 Å². The van der Waals surface area contributed by atoms with E-state index >= 15 is 0 Å². The second kappa shape index (κ2) is 4.94. The largest absolute Gasteiger partial charge is 0.356 e. The Kier molecular flexibility index (Phi) is 3.86. The van der Waals surface area contributed by atoms with E-state index in [0.29, 0.717) is 12.0 Å². The van der Waals surface area contributed by atoms with Gasteiger partial charge in [-0.15, -0.1) is 0 Å². The average molecular weight is 184 g/mol. The van der Waals surface area contributed by atoms with Crippen LogP contribution in [0.1, 0.15) is 5.56 Å². The first-order chi connectivity index (χ1) is 6.27. The molecule has 3 heteroatoms. The van der Waals surface area contributed by atoms with Crippen molar-refractivity contribution < 1.29 is 13.9 Å². The summed E-state index contributed by atoms with van der Waals surface area (Å²) in [6.45, 7) is 0. The van der Waals surface area contributed by atoms with Crippen LogP contribution in [-0.4, -0.2) is 20.5 Å². The van der Waals surface area contributed by atoms with Crippen LogP contribution < -0.4 is 0 Å². The van der Waals surface area contributed by atoms with Crippen LogP contribution in [0, 0.1) is 5.82 Å². The van der Waals surface area contributed by atoms with Gasteiger partial charge in [0.15, 0.2) is 6.29 Å². The molecule has 0 heterocycles. The molecule has 0 aliphatic carbocycles. The first-order valence-electron chi connectivity index (χ1n) is 4.07. The number of ether oxygens (including phenoxy) is 2. The summed E-state index contributed by atoms with van der Waals surface area (Å²) in [7, 11) is 3.07. The van der Waals surface area contributed by atoms with E-state index in [0.717, 1.165) is 0 Å². The van der Waals surface area contributed by atoms with E-state index in [1.165, 1.54) is 20.3 Å². The van der Waals surface area contributed by atoms with E-state index in [4.69, 9.17) is 9.47 Å². The molecule has 0 spiro atoms. The number of halogens is 1. The molecular formula is C10H13FO2. The van der Waals surface area contributed by atoms with Gasteiger partial charge in [0.1, 0.15) is 5.82 Å². The minimum Gasteiger partial charge on any atom is -0.356 e. The SMILES string of the molecule is COC(Cc1ccccc1F)OC. The zero-order valence-electron chi connectivity index (χ0n) is 7.79. The van der Waals surface area contributed by atoms with Gasteiger partial charge in [0.25, 0.3) is 0 Å². The molecule has 0 bridgehead atoms. The number of rotatable bonds is 4. The predicted octanol–water partition coefficient (Wildman–Crippen LogP) is 1.99. The summed E-state index contributed by atoms with van der Waals surface area (Å²) in [6.07, 6.45) is 0.0524. The van der Waals surface area contributed by atoms with Gasteiger partial charge in [0, 0.05) is 20.6 Å². The minimum atomic E-state index is -0.378. The highest BCUT2D eigenvalue weighted by Crippen LogP contribution is 2.10. The van der Waals surface area contributed by atoms with Gasteiger partial charge in [-0.05, 0) is 11.6 Å². The summed E-state index contributed by atoms with van der Waals surface area (Å²) in [6, 6.07) is 6.60. The van der Waals surface area contributed by atoms with Gasteiger partial charge in [-0.2, -0.15) is 0 Å². The second-order valence-electron chi connectivity index (χ2n) is 2.70. The van der Waals surface area contributed by atoms with Crippen molar-refractivity contribution in [2.45, 2.75) is 12.7 Å². The molecule has 0 saturated carbocycles. The third-order valence-corrected chi connectivity index (χ3v) is 1.87. The molecule has 1 aromatic rings. The fourth-order valence-electron chi connectivity index (χ4n) is 1.11. The van der Waals surface area contributed by atoms with Gasteiger partial charge in [-0.1, -0.05) is 18.2 Å². The molecule has 0 radical (unpaired) electrons. The number of hydrogen-bond donors (Lipinski definition) is 0. The van der Waals surface area contributed by atoms with E-state index in [1.807, 2.05) is 0 Å². The third kappa shape index (κ3) is 2.79. The highest BCUT2D eigenvalue weighted by atomic mass is 19.1. The monoisotopic (exact) mass is 184 g/mol. The topological polar surface area (TPSA) is 18.5 Å². The van der Waals surface area contributed by atoms with Crippen LogP contribution in [0.15, 0.2) is 24.3 Å². The predicted molar refractivity (Wildman–Crippen MR) is 47.9 cm³/mol. The Hall–Kier alpha value is -0.930. The fraction of sp³-hybridized carbons (Fsp3) is 0.400. The Morgan fingerprint density at radius 3 is 2.38 bits per heavy atom. The molecule has 0 N–H and O–H groups in total. The van der Waals surface area contributed by atoms with Gasteiger partial charge in [-0.3, -0.25) is 0 Å². The maximum Gasteiger partial charge on any atom is 0.160 e. The summed E-state index contributed by atoms with van der Waals surface area (Å²) < 4.78 is 23.1. The normalized spacial score (nSPS) is 10.8. The molecule has 0 aliphatic heterocycles. The maximum absolute atomic E-state index is 13.1. The summed E-state index contributed by atoms with van der Waals surface area (Å²) in [5.74, 6) is -0.221. The molecule has 0 unspecified atom stereocenters. The van der Waals surface area contributed by atoms with Crippen molar-refractivity contribution in [2.24, 2.45) is 0 Å². The molecule has 0 atom stereocenters. The zero-order chi connectivity index (χ0) is 9.68. The van der Waals surface area contributed by atoms with Gasteiger partial charge >= 0.3 is 0 Å². The lowest BCUT2D eigenvalue weighted by Crippen LogP contribution is -2.16. The molecule has 0 amide bonds. The molecule has 1 rings (SSSR count). The van der Waals surface area contributed by atoms with E-state index < -0.39 is 0 Å². The molecule has 2 nitrogen and oxygen atoms in total. The highest BCUT2D eigenvalue weighted by molar-refractivity contribution is 5.17. The molecular weight excluding hydrogens is 171 g/mol. The number of benzene rings is 1. The number of methoxy groups -OCH3 is 2. The van der Waals surface area contributed by atoms with Crippen molar-refractivity contribution in [2.75, 3.05) is 14.2 Å². The summed E-state index contributed by atoms with van der Waals surface area (Å²) >= 11 is 0. The van der Waals surface area contributed by atoms with Gasteiger partial charge in [-0.25, -0.2) is 4.39 Å². The van der Waals surface area contributed by atoms with E-state index in [-0.39, 0.29) is 12.1 Å². The summed E-state index contributed by atoms with van der Waals surface area (Å²) in [5, 5.41) is 0. The fourth-order valence-corrected chi connectivity index (χ4v) is 1.11. The molecule has 0 aromatic heterocycles. The van der Waals surface area contributed by atoms with Crippen molar-refractivity contribution >= 4 is 0 Å². The third-order valence-electron chi connectivity index (χ3n) is 1.87. The minimum absolute atomic E-state index is 0.221. The van der Waals surface area contributed by atoms with Gasteiger partial charge in [0.05, 0.1) is 0 Å². The van der Waals surface area contributed by atoms with Crippen LogP contribution in [0.4, 0.5) is 4.39 Å². The Balaban J connectivity index is 2.67.